The number of nitrogens with one attached hydrogen (secondary N) is 1. The van der Waals surface area contributed by atoms with E-state index in [2.05, 4.69) is 10.3 Å². The lowest BCUT2D eigenvalue weighted by molar-refractivity contribution is -0.119. The van der Waals surface area contributed by atoms with Crippen molar-refractivity contribution in [1.29, 1.82) is 0 Å². The van der Waals surface area contributed by atoms with Crippen LogP contribution in [0.2, 0.25) is 0 Å². The number of nitrogens with zero attached hydrogens (tertiary/aromatic N) is 1. The highest BCUT2D eigenvalue weighted by molar-refractivity contribution is 5.72. The fourth-order valence-electron chi connectivity index (χ4n) is 1.50. The molecule has 0 aliphatic heterocycles. The molecule has 1 aromatic rings. The minimum Gasteiger partial charge on any atom is -0.390 e. The van der Waals surface area contributed by atoms with Gasteiger partial charge in [0.1, 0.15) is 6.10 Å². The van der Waals surface area contributed by atoms with E-state index in [1.54, 1.807) is 18.2 Å². The molecule has 0 aromatic carbocycles. The van der Waals surface area contributed by atoms with E-state index in [-0.39, 0.29) is 25.5 Å². The number of carbonyl (C=O) groups is 1. The van der Waals surface area contributed by atoms with Gasteiger partial charge in [-0.15, -0.1) is 0 Å². The van der Waals surface area contributed by atoms with Gasteiger partial charge in [0.15, 0.2) is 0 Å². The van der Waals surface area contributed by atoms with E-state index in [1.807, 2.05) is 0 Å². The smallest absolute Gasteiger partial charge is 0.216 e. The number of amides is 1. The Morgan fingerprint density at radius 3 is 2.78 bits per heavy atom. The molecule has 0 saturated carbocycles. The van der Waals surface area contributed by atoms with Gasteiger partial charge in [-0.1, -0.05) is 6.07 Å². The van der Waals surface area contributed by atoms with E-state index < -0.39 is 12.2 Å². The molecule has 100 valence electrons. The van der Waals surface area contributed by atoms with Crippen LogP contribution in [0.5, 0.6) is 0 Å². The van der Waals surface area contributed by atoms with Crippen LogP contribution in [0.15, 0.2) is 18.2 Å². The van der Waals surface area contributed by atoms with Crippen LogP contribution in [0.1, 0.15) is 30.8 Å². The molecular weight excluding hydrogens is 236 g/mol. The van der Waals surface area contributed by atoms with Gasteiger partial charge >= 0.3 is 0 Å². The summed E-state index contributed by atoms with van der Waals surface area (Å²) in [6.07, 6.45) is -1.92. The summed E-state index contributed by atoms with van der Waals surface area (Å²) in [6.45, 7) is 1.45. The number of aromatic nitrogens is 1. The van der Waals surface area contributed by atoms with Gasteiger partial charge in [-0.3, -0.25) is 9.78 Å². The zero-order valence-corrected chi connectivity index (χ0v) is 10.2. The van der Waals surface area contributed by atoms with Gasteiger partial charge in [0.2, 0.25) is 5.91 Å². The highest BCUT2D eigenvalue weighted by atomic mass is 16.3. The molecular formula is C12H18N2O4. The molecule has 0 fully saturated rings. The molecule has 0 spiro atoms. The molecule has 0 aliphatic rings. The largest absolute Gasteiger partial charge is 0.390 e. The third-order valence-electron chi connectivity index (χ3n) is 2.47. The summed E-state index contributed by atoms with van der Waals surface area (Å²) in [4.78, 5) is 14.7. The molecule has 6 heteroatoms. The molecule has 0 radical (unpaired) electrons. The van der Waals surface area contributed by atoms with Crippen LogP contribution >= 0.6 is 0 Å². The van der Waals surface area contributed by atoms with Crippen LogP contribution in [0.3, 0.4) is 0 Å². The van der Waals surface area contributed by atoms with Crippen molar-refractivity contribution < 1.29 is 20.1 Å². The lowest BCUT2D eigenvalue weighted by Gasteiger charge is -2.17. The minimum atomic E-state index is -1.13. The second-order valence-corrected chi connectivity index (χ2v) is 4.00. The lowest BCUT2D eigenvalue weighted by atomic mass is 10.1. The number of hydrogen-bond donors (Lipinski definition) is 4. The molecule has 0 aliphatic carbocycles. The Morgan fingerprint density at radius 1 is 1.44 bits per heavy atom. The Kier molecular flexibility index (Phi) is 5.70. The highest BCUT2D eigenvalue weighted by Crippen LogP contribution is 2.17. The predicted molar refractivity (Wildman–Crippen MR) is 64.4 cm³/mol. The predicted octanol–water partition coefficient (Wildman–Crippen LogP) is -0.506. The highest BCUT2D eigenvalue weighted by Gasteiger charge is 2.19. The Bertz CT molecular complexity index is 397. The summed E-state index contributed by atoms with van der Waals surface area (Å²) in [7, 11) is 0. The topological polar surface area (TPSA) is 103 Å². The number of pyridine rings is 1. The van der Waals surface area contributed by atoms with Crippen LogP contribution < -0.4 is 5.32 Å². The maximum Gasteiger partial charge on any atom is 0.216 e. The second-order valence-electron chi connectivity index (χ2n) is 4.00. The Hall–Kier alpha value is -1.50. The van der Waals surface area contributed by atoms with E-state index in [4.69, 9.17) is 5.11 Å². The van der Waals surface area contributed by atoms with Gasteiger partial charge in [0.25, 0.3) is 0 Å². The molecule has 2 atom stereocenters. The molecule has 18 heavy (non-hydrogen) atoms. The summed E-state index contributed by atoms with van der Waals surface area (Å²) in [5, 5.41) is 31.1. The van der Waals surface area contributed by atoms with E-state index in [9.17, 15) is 15.0 Å². The van der Waals surface area contributed by atoms with Gasteiger partial charge in [-0.2, -0.15) is 0 Å². The number of aliphatic hydroxyl groups is 3. The van der Waals surface area contributed by atoms with Crippen LogP contribution in [0.4, 0.5) is 0 Å². The van der Waals surface area contributed by atoms with Crippen LogP contribution in [0.25, 0.3) is 0 Å². The SMILES string of the molecule is CC(=O)NCCC(O)C(O)c1cccc(CO)n1. The average Bonchev–Trinajstić information content (AvgIpc) is 2.37. The Labute approximate surface area is 105 Å². The molecule has 1 aromatic heterocycles. The first-order chi connectivity index (χ1) is 8.54. The van der Waals surface area contributed by atoms with Gasteiger partial charge in [-0.05, 0) is 18.6 Å². The first kappa shape index (κ1) is 14.6. The summed E-state index contributed by atoms with van der Waals surface area (Å²) in [5.74, 6) is -0.183. The maximum absolute atomic E-state index is 10.7. The fourth-order valence-corrected chi connectivity index (χ4v) is 1.50. The van der Waals surface area contributed by atoms with Crippen molar-refractivity contribution in [2.45, 2.75) is 32.2 Å². The zero-order chi connectivity index (χ0) is 13.5. The monoisotopic (exact) mass is 254 g/mol. The molecule has 1 amide bonds. The molecule has 1 heterocycles. The number of carbonyl (C=O) groups excluding carboxylic acids is 1. The standard InChI is InChI=1S/C12H18N2O4/c1-8(16)13-6-5-11(17)12(18)10-4-2-3-9(7-15)14-10/h2-4,11-12,15,17-18H,5-7H2,1H3,(H,13,16). The quantitative estimate of drug-likeness (QED) is 0.548. The van der Waals surface area contributed by atoms with Crippen molar-refractivity contribution in [3.63, 3.8) is 0 Å². The van der Waals surface area contributed by atoms with Crippen molar-refractivity contribution in [3.8, 4) is 0 Å². The summed E-state index contributed by atoms with van der Waals surface area (Å²) >= 11 is 0. The molecule has 4 N–H and O–H groups in total. The van der Waals surface area contributed by atoms with Crippen molar-refractivity contribution in [2.24, 2.45) is 0 Å². The summed E-state index contributed by atoms with van der Waals surface area (Å²) < 4.78 is 0. The third-order valence-corrected chi connectivity index (χ3v) is 2.47. The molecule has 6 nitrogen and oxygen atoms in total. The first-order valence-electron chi connectivity index (χ1n) is 5.72. The van der Waals surface area contributed by atoms with Crippen molar-refractivity contribution in [1.82, 2.24) is 10.3 Å². The normalized spacial score (nSPS) is 14.0. The molecule has 2 unspecified atom stereocenters. The summed E-state index contributed by atoms with van der Waals surface area (Å²) in [6, 6.07) is 4.85. The fraction of sp³-hybridized carbons (Fsp3) is 0.500. The van der Waals surface area contributed by atoms with Crippen LogP contribution in [0, 0.1) is 0 Å². The zero-order valence-electron chi connectivity index (χ0n) is 10.2. The Balaban J connectivity index is 2.56. The van der Waals surface area contributed by atoms with E-state index >= 15 is 0 Å². The molecule has 0 bridgehead atoms. The van der Waals surface area contributed by atoms with E-state index in [0.29, 0.717) is 11.4 Å². The van der Waals surface area contributed by atoms with Gasteiger partial charge in [-0.25, -0.2) is 0 Å². The van der Waals surface area contributed by atoms with E-state index in [0.717, 1.165) is 0 Å². The van der Waals surface area contributed by atoms with Crippen molar-refractivity contribution in [2.75, 3.05) is 6.54 Å². The minimum absolute atomic E-state index is 0.183. The number of hydrogen-bond acceptors (Lipinski definition) is 5. The second kappa shape index (κ2) is 7.05. The Morgan fingerprint density at radius 2 is 2.17 bits per heavy atom. The summed E-state index contributed by atoms with van der Waals surface area (Å²) in [5.41, 5.74) is 0.734. The van der Waals surface area contributed by atoms with E-state index in [1.165, 1.54) is 6.92 Å². The average molecular weight is 254 g/mol. The van der Waals surface area contributed by atoms with Gasteiger partial charge in [0, 0.05) is 13.5 Å². The van der Waals surface area contributed by atoms with Crippen molar-refractivity contribution in [3.05, 3.63) is 29.6 Å². The number of rotatable bonds is 6. The first-order valence-corrected chi connectivity index (χ1v) is 5.72. The van der Waals surface area contributed by atoms with Crippen LogP contribution in [-0.4, -0.2) is 38.9 Å². The molecule has 1 rings (SSSR count). The third kappa shape index (κ3) is 4.40. The number of aliphatic hydroxyl groups excluding tert-OH is 3. The lowest BCUT2D eigenvalue weighted by Crippen LogP contribution is -2.28. The maximum atomic E-state index is 10.7. The molecule has 0 saturated heterocycles. The van der Waals surface area contributed by atoms with Gasteiger partial charge < -0.3 is 20.6 Å². The van der Waals surface area contributed by atoms with Gasteiger partial charge in [0.05, 0.1) is 24.1 Å². The van der Waals surface area contributed by atoms with Crippen LogP contribution in [-0.2, 0) is 11.4 Å². The van der Waals surface area contributed by atoms with Crippen molar-refractivity contribution >= 4 is 5.91 Å².